The maximum absolute atomic E-state index is 12.9. The standard InChI is InChI=1S/C15H24FNO/c1-15(2,3)17-10-5-4-6-11-18-14-9-7-8-13(16)12-14/h7-9,12,17H,4-6,10-11H2,1-3H3. The van der Waals surface area contributed by atoms with Gasteiger partial charge in [-0.15, -0.1) is 0 Å². The second kappa shape index (κ2) is 7.37. The number of nitrogens with one attached hydrogen (secondary N) is 1. The molecular formula is C15H24FNO. The maximum Gasteiger partial charge on any atom is 0.126 e. The van der Waals surface area contributed by atoms with E-state index in [4.69, 9.17) is 4.74 Å². The minimum atomic E-state index is -0.248. The Balaban J connectivity index is 2.02. The predicted octanol–water partition coefficient (Wildman–Crippen LogP) is 3.76. The molecule has 18 heavy (non-hydrogen) atoms. The zero-order chi connectivity index (χ0) is 13.4. The van der Waals surface area contributed by atoms with E-state index in [1.54, 1.807) is 12.1 Å². The molecule has 1 aromatic rings. The summed E-state index contributed by atoms with van der Waals surface area (Å²) in [5.41, 5.74) is 0.193. The molecule has 0 bridgehead atoms. The smallest absolute Gasteiger partial charge is 0.126 e. The van der Waals surface area contributed by atoms with Crippen LogP contribution in [0.25, 0.3) is 0 Å². The van der Waals surface area contributed by atoms with Gasteiger partial charge in [-0.05, 0) is 58.7 Å². The van der Waals surface area contributed by atoms with Crippen LogP contribution in [0, 0.1) is 5.82 Å². The number of rotatable bonds is 7. The van der Waals surface area contributed by atoms with Crippen LogP contribution in [-0.2, 0) is 0 Å². The number of halogens is 1. The highest BCUT2D eigenvalue weighted by atomic mass is 19.1. The van der Waals surface area contributed by atoms with Gasteiger partial charge in [0.1, 0.15) is 11.6 Å². The molecule has 0 fully saturated rings. The molecule has 1 N–H and O–H groups in total. The summed E-state index contributed by atoms with van der Waals surface area (Å²) in [5.74, 6) is 0.365. The third-order valence-electron chi connectivity index (χ3n) is 2.54. The van der Waals surface area contributed by atoms with E-state index in [2.05, 4.69) is 26.1 Å². The largest absolute Gasteiger partial charge is 0.493 e. The van der Waals surface area contributed by atoms with E-state index >= 15 is 0 Å². The average molecular weight is 253 g/mol. The molecule has 0 aliphatic carbocycles. The summed E-state index contributed by atoms with van der Waals surface area (Å²) >= 11 is 0. The van der Waals surface area contributed by atoms with Crippen LogP contribution >= 0.6 is 0 Å². The van der Waals surface area contributed by atoms with Crippen LogP contribution in [0.15, 0.2) is 24.3 Å². The van der Waals surface area contributed by atoms with Crippen LogP contribution in [0.5, 0.6) is 5.75 Å². The van der Waals surface area contributed by atoms with Gasteiger partial charge in [-0.3, -0.25) is 0 Å². The molecule has 1 aromatic carbocycles. The minimum absolute atomic E-state index is 0.193. The van der Waals surface area contributed by atoms with Crippen molar-refractivity contribution in [2.75, 3.05) is 13.2 Å². The lowest BCUT2D eigenvalue weighted by Gasteiger charge is -2.20. The first-order valence-electron chi connectivity index (χ1n) is 6.61. The third kappa shape index (κ3) is 7.28. The molecule has 0 heterocycles. The van der Waals surface area contributed by atoms with E-state index < -0.39 is 0 Å². The summed E-state index contributed by atoms with van der Waals surface area (Å²) < 4.78 is 18.3. The minimum Gasteiger partial charge on any atom is -0.493 e. The topological polar surface area (TPSA) is 21.3 Å². The summed E-state index contributed by atoms with van der Waals surface area (Å²) in [6.07, 6.45) is 3.27. The molecule has 0 aliphatic rings. The van der Waals surface area contributed by atoms with Crippen molar-refractivity contribution >= 4 is 0 Å². The van der Waals surface area contributed by atoms with Crippen molar-refractivity contribution < 1.29 is 9.13 Å². The fraction of sp³-hybridized carbons (Fsp3) is 0.600. The quantitative estimate of drug-likeness (QED) is 0.747. The average Bonchev–Trinajstić information content (AvgIpc) is 2.26. The molecule has 0 radical (unpaired) electrons. The van der Waals surface area contributed by atoms with E-state index in [0.29, 0.717) is 12.4 Å². The van der Waals surface area contributed by atoms with E-state index in [-0.39, 0.29) is 11.4 Å². The van der Waals surface area contributed by atoms with Crippen molar-refractivity contribution in [1.82, 2.24) is 5.32 Å². The monoisotopic (exact) mass is 253 g/mol. The highest BCUT2D eigenvalue weighted by molar-refractivity contribution is 5.22. The van der Waals surface area contributed by atoms with Gasteiger partial charge >= 0.3 is 0 Å². The summed E-state index contributed by atoms with van der Waals surface area (Å²) in [6.45, 7) is 8.18. The lowest BCUT2D eigenvalue weighted by molar-refractivity contribution is 0.302. The normalized spacial score (nSPS) is 11.6. The Morgan fingerprint density at radius 1 is 1.17 bits per heavy atom. The first-order chi connectivity index (χ1) is 8.47. The molecule has 0 spiro atoms. The van der Waals surface area contributed by atoms with Gasteiger partial charge < -0.3 is 10.1 Å². The van der Waals surface area contributed by atoms with Gasteiger partial charge in [0.05, 0.1) is 6.61 Å². The van der Waals surface area contributed by atoms with Gasteiger partial charge in [0, 0.05) is 11.6 Å². The molecule has 0 amide bonds. The van der Waals surface area contributed by atoms with Crippen LogP contribution in [0.4, 0.5) is 4.39 Å². The van der Waals surface area contributed by atoms with Gasteiger partial charge in [0.25, 0.3) is 0 Å². The predicted molar refractivity (Wildman–Crippen MR) is 73.5 cm³/mol. The number of hydrogen-bond acceptors (Lipinski definition) is 2. The van der Waals surface area contributed by atoms with Gasteiger partial charge in [0.2, 0.25) is 0 Å². The molecular weight excluding hydrogens is 229 g/mol. The second-order valence-electron chi connectivity index (χ2n) is 5.54. The Hall–Kier alpha value is -1.09. The summed E-state index contributed by atoms with van der Waals surface area (Å²) in [6, 6.07) is 6.29. The molecule has 2 nitrogen and oxygen atoms in total. The maximum atomic E-state index is 12.9. The molecule has 0 aromatic heterocycles. The van der Waals surface area contributed by atoms with Gasteiger partial charge in [0.15, 0.2) is 0 Å². The van der Waals surface area contributed by atoms with Crippen molar-refractivity contribution in [3.8, 4) is 5.75 Å². The van der Waals surface area contributed by atoms with Crippen molar-refractivity contribution in [3.63, 3.8) is 0 Å². The van der Waals surface area contributed by atoms with Crippen LogP contribution < -0.4 is 10.1 Å². The molecule has 102 valence electrons. The van der Waals surface area contributed by atoms with Crippen LogP contribution in [0.3, 0.4) is 0 Å². The van der Waals surface area contributed by atoms with Crippen molar-refractivity contribution in [3.05, 3.63) is 30.1 Å². The molecule has 0 aliphatic heterocycles. The lowest BCUT2D eigenvalue weighted by Crippen LogP contribution is -2.36. The Morgan fingerprint density at radius 2 is 1.94 bits per heavy atom. The van der Waals surface area contributed by atoms with Crippen molar-refractivity contribution in [2.45, 2.75) is 45.6 Å². The van der Waals surface area contributed by atoms with Crippen molar-refractivity contribution in [2.24, 2.45) is 0 Å². The fourth-order valence-electron chi connectivity index (χ4n) is 1.61. The second-order valence-corrected chi connectivity index (χ2v) is 5.54. The zero-order valence-corrected chi connectivity index (χ0v) is 11.6. The Labute approximate surface area is 110 Å². The fourth-order valence-corrected chi connectivity index (χ4v) is 1.61. The summed E-state index contributed by atoms with van der Waals surface area (Å²) in [5, 5.41) is 3.45. The number of ether oxygens (including phenoxy) is 1. The molecule has 0 saturated heterocycles. The lowest BCUT2D eigenvalue weighted by atomic mass is 10.1. The number of hydrogen-bond donors (Lipinski definition) is 1. The third-order valence-corrected chi connectivity index (χ3v) is 2.54. The Kier molecular flexibility index (Phi) is 6.13. The SMILES string of the molecule is CC(C)(C)NCCCCCOc1cccc(F)c1. The molecule has 0 saturated carbocycles. The van der Waals surface area contributed by atoms with E-state index in [1.165, 1.54) is 12.1 Å². The first-order valence-corrected chi connectivity index (χ1v) is 6.61. The summed E-state index contributed by atoms with van der Waals surface area (Å²) in [7, 11) is 0. The van der Waals surface area contributed by atoms with Crippen LogP contribution in [0.1, 0.15) is 40.0 Å². The number of benzene rings is 1. The van der Waals surface area contributed by atoms with E-state index in [9.17, 15) is 4.39 Å². The van der Waals surface area contributed by atoms with E-state index in [1.807, 2.05) is 0 Å². The van der Waals surface area contributed by atoms with E-state index in [0.717, 1.165) is 25.8 Å². The molecule has 1 rings (SSSR count). The van der Waals surface area contributed by atoms with Crippen LogP contribution in [-0.4, -0.2) is 18.7 Å². The molecule has 0 atom stereocenters. The first kappa shape index (κ1) is 15.0. The van der Waals surface area contributed by atoms with Crippen molar-refractivity contribution in [1.29, 1.82) is 0 Å². The Morgan fingerprint density at radius 3 is 2.61 bits per heavy atom. The van der Waals surface area contributed by atoms with Gasteiger partial charge in [-0.1, -0.05) is 6.07 Å². The van der Waals surface area contributed by atoms with Gasteiger partial charge in [-0.25, -0.2) is 4.39 Å². The number of unbranched alkanes of at least 4 members (excludes halogenated alkanes) is 2. The summed E-state index contributed by atoms with van der Waals surface area (Å²) in [4.78, 5) is 0. The molecule has 3 heteroatoms. The zero-order valence-electron chi connectivity index (χ0n) is 11.6. The van der Waals surface area contributed by atoms with Crippen LogP contribution in [0.2, 0.25) is 0 Å². The highest BCUT2D eigenvalue weighted by Gasteiger charge is 2.06. The highest BCUT2D eigenvalue weighted by Crippen LogP contribution is 2.12. The van der Waals surface area contributed by atoms with Gasteiger partial charge in [-0.2, -0.15) is 0 Å². The molecule has 0 unspecified atom stereocenters. The Bertz CT molecular complexity index is 347.